The number of hydrogen-bond acceptors (Lipinski definition) is 6. The van der Waals surface area contributed by atoms with Crippen LogP contribution in [0, 0.1) is 11.3 Å². The van der Waals surface area contributed by atoms with E-state index < -0.39 is 55.4 Å². The minimum atomic E-state index is -5.37. The quantitative estimate of drug-likeness (QED) is 0.449. The van der Waals surface area contributed by atoms with E-state index in [1.165, 1.54) is 20.0 Å². The molecule has 3 aromatic rings. The molecular formula is C17H11F6N5O3S. The molecule has 1 N–H and O–H groups in total. The Kier molecular flexibility index (Phi) is 5.43. The first-order chi connectivity index (χ1) is 14.6. The van der Waals surface area contributed by atoms with Crippen LogP contribution in [0.1, 0.15) is 29.3 Å². The van der Waals surface area contributed by atoms with Gasteiger partial charge in [-0.1, -0.05) is 6.92 Å². The van der Waals surface area contributed by atoms with Crippen LogP contribution in [0.5, 0.6) is 0 Å². The summed E-state index contributed by atoms with van der Waals surface area (Å²) in [5.41, 5.74) is -5.56. The molecule has 0 bridgehead atoms. The SMILES string of the molecule is CCc1c(-c2nc3cc(C(F)(F)F)c(C#N)nc3n2C)ncc(C(F)(F)F)c1S(=O)(=O)O. The number of imidazole rings is 1. The van der Waals surface area contributed by atoms with Crippen LogP contribution in [-0.4, -0.2) is 32.5 Å². The molecule has 0 saturated heterocycles. The van der Waals surface area contributed by atoms with Crippen molar-refractivity contribution >= 4 is 21.3 Å². The highest BCUT2D eigenvalue weighted by Crippen LogP contribution is 2.39. The van der Waals surface area contributed by atoms with E-state index in [9.17, 15) is 39.3 Å². The normalized spacial score (nSPS) is 12.9. The van der Waals surface area contributed by atoms with Gasteiger partial charge in [0.1, 0.15) is 22.2 Å². The number of fused-ring (bicyclic) bond motifs is 1. The molecule has 15 heteroatoms. The maximum Gasteiger partial charge on any atom is 0.419 e. The number of halogens is 6. The Morgan fingerprint density at radius 2 is 1.72 bits per heavy atom. The predicted octanol–water partition coefficient (Wildman–Crippen LogP) is 3.75. The number of nitriles is 1. The van der Waals surface area contributed by atoms with Crippen molar-refractivity contribution < 1.29 is 39.3 Å². The number of rotatable bonds is 3. The van der Waals surface area contributed by atoms with Crippen LogP contribution in [0.4, 0.5) is 26.3 Å². The number of aryl methyl sites for hydroxylation is 1. The van der Waals surface area contributed by atoms with Crippen LogP contribution in [0.2, 0.25) is 0 Å². The van der Waals surface area contributed by atoms with Gasteiger partial charge in [-0.25, -0.2) is 9.97 Å². The minimum Gasteiger partial charge on any atom is -0.310 e. The van der Waals surface area contributed by atoms with Crippen molar-refractivity contribution in [1.29, 1.82) is 5.26 Å². The second-order valence-corrected chi connectivity index (χ2v) is 7.84. The largest absolute Gasteiger partial charge is 0.419 e. The van der Waals surface area contributed by atoms with Crippen LogP contribution in [-0.2, 0) is 35.9 Å². The van der Waals surface area contributed by atoms with Crippen LogP contribution in [0.15, 0.2) is 17.2 Å². The summed E-state index contributed by atoms with van der Waals surface area (Å²) in [6.45, 7) is 1.30. The monoisotopic (exact) mass is 479 g/mol. The summed E-state index contributed by atoms with van der Waals surface area (Å²) in [5, 5.41) is 9.02. The Morgan fingerprint density at radius 1 is 1.12 bits per heavy atom. The summed E-state index contributed by atoms with van der Waals surface area (Å²) < 4.78 is 114. The van der Waals surface area contributed by atoms with Crippen molar-refractivity contribution in [3.63, 3.8) is 0 Å². The Balaban J connectivity index is 2.42. The smallest absolute Gasteiger partial charge is 0.310 e. The van der Waals surface area contributed by atoms with E-state index in [4.69, 9.17) is 5.26 Å². The van der Waals surface area contributed by atoms with Gasteiger partial charge in [0.15, 0.2) is 17.2 Å². The molecule has 0 aliphatic heterocycles. The molecule has 0 radical (unpaired) electrons. The molecule has 0 spiro atoms. The van der Waals surface area contributed by atoms with Crippen molar-refractivity contribution in [1.82, 2.24) is 19.5 Å². The van der Waals surface area contributed by atoms with Crippen molar-refractivity contribution in [3.8, 4) is 17.6 Å². The number of hydrogen-bond donors (Lipinski definition) is 1. The average Bonchev–Trinajstić information content (AvgIpc) is 2.99. The summed E-state index contributed by atoms with van der Waals surface area (Å²) in [5.74, 6) is -0.314. The van der Waals surface area contributed by atoms with Gasteiger partial charge in [0.2, 0.25) is 0 Å². The van der Waals surface area contributed by atoms with E-state index in [1.54, 1.807) is 0 Å². The molecule has 0 unspecified atom stereocenters. The predicted molar refractivity (Wildman–Crippen MR) is 95.7 cm³/mol. The minimum absolute atomic E-state index is 0.187. The van der Waals surface area contributed by atoms with Gasteiger partial charge >= 0.3 is 12.4 Å². The topological polar surface area (TPSA) is 122 Å². The van der Waals surface area contributed by atoms with E-state index in [0.29, 0.717) is 6.07 Å². The van der Waals surface area contributed by atoms with Gasteiger partial charge < -0.3 is 4.57 Å². The number of nitrogens with zero attached hydrogens (tertiary/aromatic N) is 5. The second-order valence-electron chi connectivity index (χ2n) is 6.49. The van der Waals surface area contributed by atoms with E-state index in [2.05, 4.69) is 15.0 Å². The zero-order valence-electron chi connectivity index (χ0n) is 16.0. The molecule has 3 aromatic heterocycles. The maximum atomic E-state index is 13.3. The van der Waals surface area contributed by atoms with Gasteiger partial charge in [-0.3, -0.25) is 9.54 Å². The number of pyridine rings is 2. The average molecular weight is 479 g/mol. The first-order valence-electron chi connectivity index (χ1n) is 8.52. The molecule has 0 atom stereocenters. The van der Waals surface area contributed by atoms with Gasteiger partial charge in [-0.2, -0.15) is 40.0 Å². The lowest BCUT2D eigenvalue weighted by molar-refractivity contribution is -0.140. The van der Waals surface area contributed by atoms with Crippen LogP contribution in [0.25, 0.3) is 22.7 Å². The van der Waals surface area contributed by atoms with E-state index >= 15 is 0 Å². The molecule has 32 heavy (non-hydrogen) atoms. The van der Waals surface area contributed by atoms with Crippen LogP contribution in [0.3, 0.4) is 0 Å². The molecule has 0 aliphatic carbocycles. The van der Waals surface area contributed by atoms with E-state index in [0.717, 1.165) is 4.57 Å². The van der Waals surface area contributed by atoms with Crippen molar-refractivity contribution in [2.45, 2.75) is 30.6 Å². The van der Waals surface area contributed by atoms with E-state index in [1.807, 2.05) is 0 Å². The number of alkyl halides is 6. The lowest BCUT2D eigenvalue weighted by atomic mass is 10.1. The van der Waals surface area contributed by atoms with Crippen molar-refractivity contribution in [2.75, 3.05) is 0 Å². The third-order valence-electron chi connectivity index (χ3n) is 4.51. The molecule has 0 aliphatic rings. The first-order valence-corrected chi connectivity index (χ1v) is 9.96. The highest BCUT2D eigenvalue weighted by molar-refractivity contribution is 7.86. The number of aromatic nitrogens is 4. The van der Waals surface area contributed by atoms with Crippen LogP contribution >= 0.6 is 0 Å². The molecular weight excluding hydrogens is 468 g/mol. The molecule has 3 heterocycles. The lowest BCUT2D eigenvalue weighted by Gasteiger charge is -2.16. The Morgan fingerprint density at radius 3 is 2.19 bits per heavy atom. The zero-order chi connectivity index (χ0) is 24.2. The van der Waals surface area contributed by atoms with Gasteiger partial charge in [0.05, 0.1) is 11.1 Å². The first kappa shape index (κ1) is 23.4. The summed E-state index contributed by atoms with van der Waals surface area (Å²) in [6.07, 6.45) is -10.3. The summed E-state index contributed by atoms with van der Waals surface area (Å²) in [7, 11) is -4.13. The molecule has 0 amide bonds. The molecule has 0 aromatic carbocycles. The lowest BCUT2D eigenvalue weighted by Crippen LogP contribution is -2.17. The standard InChI is InChI=1S/C17H11F6N5O3S/c1-3-7-12(25-6-9(17(21,22)23)13(7)32(29,30)31)15-26-10-4-8(16(18,19)20)11(5-24)27-14(10)28(15)2/h4,6H,3H2,1-2H3,(H,29,30,31). The van der Waals surface area contributed by atoms with Crippen molar-refractivity contribution in [2.24, 2.45) is 7.05 Å². The fourth-order valence-corrected chi connectivity index (χ4v) is 4.18. The van der Waals surface area contributed by atoms with Gasteiger partial charge in [0, 0.05) is 18.8 Å². The summed E-state index contributed by atoms with van der Waals surface area (Å²) >= 11 is 0. The van der Waals surface area contributed by atoms with Crippen molar-refractivity contribution in [3.05, 3.63) is 34.6 Å². The van der Waals surface area contributed by atoms with Crippen LogP contribution < -0.4 is 0 Å². The maximum absolute atomic E-state index is 13.3. The Labute approximate surface area is 175 Å². The van der Waals surface area contributed by atoms with Gasteiger partial charge in [-0.15, -0.1) is 0 Å². The van der Waals surface area contributed by atoms with Gasteiger partial charge in [-0.05, 0) is 12.5 Å². The highest BCUT2D eigenvalue weighted by Gasteiger charge is 2.40. The third-order valence-corrected chi connectivity index (χ3v) is 5.49. The summed E-state index contributed by atoms with van der Waals surface area (Å²) in [4.78, 5) is 9.77. The third kappa shape index (κ3) is 3.86. The molecule has 8 nitrogen and oxygen atoms in total. The molecule has 3 rings (SSSR count). The zero-order valence-corrected chi connectivity index (χ0v) is 16.9. The summed E-state index contributed by atoms with van der Waals surface area (Å²) in [6, 6.07) is 1.87. The Hall–Kier alpha value is -3.25. The second kappa shape index (κ2) is 7.41. The highest BCUT2D eigenvalue weighted by atomic mass is 32.2. The molecule has 170 valence electrons. The fraction of sp³-hybridized carbons (Fsp3) is 0.294. The Bertz CT molecular complexity index is 1390. The fourth-order valence-electron chi connectivity index (χ4n) is 3.18. The van der Waals surface area contributed by atoms with Gasteiger partial charge in [0.25, 0.3) is 10.1 Å². The van der Waals surface area contributed by atoms with E-state index in [-0.39, 0.29) is 29.6 Å². The molecule has 0 saturated carbocycles. The molecule has 0 fully saturated rings.